The van der Waals surface area contributed by atoms with Gasteiger partial charge in [-0.05, 0) is 5.56 Å². The van der Waals surface area contributed by atoms with Crippen molar-refractivity contribution in [2.24, 2.45) is 7.05 Å². The molecule has 1 N–H and O–H groups in total. The van der Waals surface area contributed by atoms with Gasteiger partial charge in [0.1, 0.15) is 29.8 Å². The third-order valence-electron chi connectivity index (χ3n) is 7.28. The predicted molar refractivity (Wildman–Crippen MR) is 140 cm³/mol. The van der Waals surface area contributed by atoms with Gasteiger partial charge < -0.3 is 9.30 Å². The van der Waals surface area contributed by atoms with Crippen molar-refractivity contribution in [2.45, 2.75) is 43.7 Å². The summed E-state index contributed by atoms with van der Waals surface area (Å²) in [4.78, 5) is 20.2. The zero-order valence-electron chi connectivity index (χ0n) is 23.2. The van der Waals surface area contributed by atoms with Gasteiger partial charge in [-0.3, -0.25) is 14.5 Å². The number of ether oxygens (including phenoxy) is 1. The van der Waals surface area contributed by atoms with Gasteiger partial charge in [0, 0.05) is 25.2 Å². The van der Waals surface area contributed by atoms with Crippen molar-refractivity contribution in [3.63, 3.8) is 0 Å². The number of aromatic nitrogens is 8. The van der Waals surface area contributed by atoms with Gasteiger partial charge in [-0.15, -0.1) is 0 Å². The van der Waals surface area contributed by atoms with Gasteiger partial charge in [-0.2, -0.15) is 26.3 Å². The molecule has 10 nitrogen and oxygen atoms in total. The number of aryl methyl sites for hydroxylation is 1. The SMILES string of the molecule is COc1ncnc(C2CC2(F)F)c1-c1ncc2c(n1)n(Cc1ccc(-c3nc(C(F)(F)F)cn3C)cc1)c(=N)n2CC(F)(F)F. The minimum Gasteiger partial charge on any atom is -0.480 e. The Labute approximate surface area is 247 Å². The smallest absolute Gasteiger partial charge is 0.434 e. The standard InChI is InChI=1S/C27H21F8N9O/c1-42-10-17(27(33,34)35)40-21(42)14-5-3-13(4-6-14)9-43-22-16(44(24(43)36)11-26(30,31)32)8-37-20(41-22)18-19(15-7-25(15,28)29)38-12-39-23(18)45-2/h3-6,8,10,12,15,36H,7,9,11H2,1-2H3. The highest BCUT2D eigenvalue weighted by Gasteiger charge is 2.59. The molecule has 1 aromatic carbocycles. The molecule has 0 radical (unpaired) electrons. The summed E-state index contributed by atoms with van der Waals surface area (Å²) >= 11 is 0. The number of rotatable bonds is 7. The second-order valence-electron chi connectivity index (χ2n) is 10.4. The van der Waals surface area contributed by atoms with Crippen LogP contribution in [0.4, 0.5) is 35.1 Å². The van der Waals surface area contributed by atoms with Crippen molar-refractivity contribution in [3.05, 3.63) is 65.6 Å². The molecule has 1 atom stereocenters. The van der Waals surface area contributed by atoms with Crippen LogP contribution in [0.3, 0.4) is 0 Å². The number of fused-ring (bicyclic) bond motifs is 1. The maximum atomic E-state index is 14.1. The zero-order valence-corrected chi connectivity index (χ0v) is 23.2. The van der Waals surface area contributed by atoms with Crippen LogP contribution in [-0.4, -0.2) is 57.8 Å². The van der Waals surface area contributed by atoms with Crippen LogP contribution in [0.25, 0.3) is 33.9 Å². The van der Waals surface area contributed by atoms with Gasteiger partial charge in [0.15, 0.2) is 17.2 Å². The predicted octanol–water partition coefficient (Wildman–Crippen LogP) is 5.33. The van der Waals surface area contributed by atoms with E-state index in [0.29, 0.717) is 15.7 Å². The van der Waals surface area contributed by atoms with E-state index >= 15 is 0 Å². The number of imidazole rings is 2. The van der Waals surface area contributed by atoms with E-state index in [9.17, 15) is 35.1 Å². The second-order valence-corrected chi connectivity index (χ2v) is 10.4. The Morgan fingerprint density at radius 2 is 1.69 bits per heavy atom. The fourth-order valence-electron chi connectivity index (χ4n) is 5.06. The molecule has 4 aromatic heterocycles. The van der Waals surface area contributed by atoms with Crippen molar-refractivity contribution in [2.75, 3.05) is 7.11 Å². The summed E-state index contributed by atoms with van der Waals surface area (Å²) < 4.78 is 116. The summed E-state index contributed by atoms with van der Waals surface area (Å²) in [6.07, 6.45) is -6.88. The van der Waals surface area contributed by atoms with Crippen molar-refractivity contribution in [1.82, 2.24) is 38.6 Å². The quantitative estimate of drug-likeness (QED) is 0.241. The van der Waals surface area contributed by atoms with E-state index in [2.05, 4.69) is 24.9 Å². The first-order valence-electron chi connectivity index (χ1n) is 13.1. The second kappa shape index (κ2) is 10.3. The first kappa shape index (κ1) is 30.1. The van der Waals surface area contributed by atoms with Gasteiger partial charge in [0.25, 0.3) is 5.92 Å². The van der Waals surface area contributed by atoms with Crippen LogP contribution in [-0.2, 0) is 26.3 Å². The summed E-state index contributed by atoms with van der Waals surface area (Å²) in [6, 6.07) is 6.04. The molecule has 0 bridgehead atoms. The van der Waals surface area contributed by atoms with Crippen LogP contribution in [0.15, 0.2) is 43.0 Å². The van der Waals surface area contributed by atoms with Crippen molar-refractivity contribution in [3.8, 4) is 28.7 Å². The molecule has 45 heavy (non-hydrogen) atoms. The Hall–Kier alpha value is -4.90. The molecule has 0 spiro atoms. The maximum absolute atomic E-state index is 14.1. The molecule has 5 aromatic rings. The number of hydrogen-bond donors (Lipinski definition) is 1. The lowest BCUT2D eigenvalue weighted by Crippen LogP contribution is -2.30. The molecule has 18 heteroatoms. The Kier molecular flexibility index (Phi) is 6.92. The minimum absolute atomic E-state index is 0.0398. The lowest BCUT2D eigenvalue weighted by Gasteiger charge is -2.11. The largest absolute Gasteiger partial charge is 0.480 e. The minimum atomic E-state index is -4.71. The van der Waals surface area contributed by atoms with E-state index in [-0.39, 0.29) is 46.5 Å². The van der Waals surface area contributed by atoms with Crippen LogP contribution < -0.4 is 10.4 Å². The fraction of sp³-hybridized carbons (Fsp3) is 0.333. The third-order valence-corrected chi connectivity index (χ3v) is 7.28. The Morgan fingerprint density at radius 1 is 1.00 bits per heavy atom. The molecular weight excluding hydrogens is 618 g/mol. The summed E-state index contributed by atoms with van der Waals surface area (Å²) in [7, 11) is 2.66. The highest BCUT2D eigenvalue weighted by atomic mass is 19.4. The molecule has 1 fully saturated rings. The highest BCUT2D eigenvalue weighted by molar-refractivity contribution is 5.76. The topological polar surface area (TPSA) is 112 Å². The molecule has 0 aliphatic heterocycles. The average molecular weight is 640 g/mol. The lowest BCUT2D eigenvalue weighted by atomic mass is 10.1. The van der Waals surface area contributed by atoms with Crippen LogP contribution >= 0.6 is 0 Å². The van der Waals surface area contributed by atoms with E-state index in [4.69, 9.17) is 10.1 Å². The Morgan fingerprint density at radius 3 is 2.27 bits per heavy atom. The summed E-state index contributed by atoms with van der Waals surface area (Å²) in [5, 5.41) is 8.59. The van der Waals surface area contributed by atoms with E-state index in [1.54, 1.807) is 0 Å². The number of hydrogen-bond acceptors (Lipinski definition) is 7. The van der Waals surface area contributed by atoms with Gasteiger partial charge >= 0.3 is 12.4 Å². The maximum Gasteiger partial charge on any atom is 0.434 e. The van der Waals surface area contributed by atoms with Crippen LogP contribution in [0.2, 0.25) is 0 Å². The molecule has 236 valence electrons. The summed E-state index contributed by atoms with van der Waals surface area (Å²) in [5.74, 6) is -4.56. The molecule has 1 saturated carbocycles. The third kappa shape index (κ3) is 5.59. The molecular formula is C27H21F8N9O. The van der Waals surface area contributed by atoms with Crippen molar-refractivity contribution in [1.29, 1.82) is 5.41 Å². The van der Waals surface area contributed by atoms with Gasteiger partial charge in [0.05, 0.1) is 31.5 Å². The number of benzene rings is 1. The fourth-order valence-corrected chi connectivity index (χ4v) is 5.06. The van der Waals surface area contributed by atoms with Crippen LogP contribution in [0.1, 0.15) is 29.3 Å². The molecule has 4 heterocycles. The van der Waals surface area contributed by atoms with Crippen LogP contribution in [0.5, 0.6) is 5.88 Å². The Balaban J connectivity index is 1.44. The molecule has 1 unspecified atom stereocenters. The van der Waals surface area contributed by atoms with Crippen molar-refractivity contribution >= 4 is 11.2 Å². The molecule has 0 amide bonds. The first-order chi connectivity index (χ1) is 21.1. The number of methoxy groups -OCH3 is 1. The number of nitrogens with zero attached hydrogens (tertiary/aromatic N) is 8. The number of halogens is 8. The average Bonchev–Trinajstić information content (AvgIpc) is 3.30. The highest BCUT2D eigenvalue weighted by Crippen LogP contribution is 2.57. The van der Waals surface area contributed by atoms with Crippen molar-refractivity contribution < 1.29 is 39.9 Å². The van der Waals surface area contributed by atoms with E-state index in [1.807, 2.05) is 0 Å². The monoisotopic (exact) mass is 639 g/mol. The number of nitrogens with one attached hydrogen (secondary N) is 1. The van der Waals surface area contributed by atoms with E-state index in [1.165, 1.54) is 47.6 Å². The molecule has 1 aliphatic carbocycles. The molecule has 1 aliphatic rings. The zero-order chi connectivity index (χ0) is 32.5. The van der Waals surface area contributed by atoms with E-state index < -0.39 is 48.5 Å². The summed E-state index contributed by atoms with van der Waals surface area (Å²) in [6.45, 7) is -1.71. The molecule has 6 rings (SSSR count). The van der Waals surface area contributed by atoms with E-state index in [0.717, 1.165) is 18.7 Å². The molecule has 0 saturated heterocycles. The number of alkyl halides is 8. The summed E-state index contributed by atoms with van der Waals surface area (Å²) in [5.41, 5.74) is -1.25. The first-order valence-corrected chi connectivity index (χ1v) is 13.1. The lowest BCUT2D eigenvalue weighted by molar-refractivity contribution is -0.141. The van der Waals surface area contributed by atoms with Crippen LogP contribution in [0, 0.1) is 5.41 Å². The van der Waals surface area contributed by atoms with Gasteiger partial charge in [0.2, 0.25) is 11.5 Å². The van der Waals surface area contributed by atoms with Gasteiger partial charge in [-0.25, -0.2) is 33.7 Å². The van der Waals surface area contributed by atoms with Gasteiger partial charge in [-0.1, -0.05) is 24.3 Å². The normalized spacial score (nSPS) is 16.4. The Bertz CT molecular complexity index is 1970.